The van der Waals surface area contributed by atoms with E-state index in [9.17, 15) is 4.79 Å². The highest BCUT2D eigenvalue weighted by Crippen LogP contribution is 2.43. The number of benzene rings is 3. The van der Waals surface area contributed by atoms with Gasteiger partial charge in [-0.2, -0.15) is 0 Å². The number of ether oxygens (including phenoxy) is 2. The number of likely N-dealkylation sites (tertiary alicyclic amines) is 1. The molecule has 0 saturated carbocycles. The number of carboxylic acid groups (broad SMARTS) is 1. The molecular weight excluding hydrogens is 402 g/mol. The fourth-order valence-corrected chi connectivity index (χ4v) is 4.46. The number of piperidine rings is 1. The Labute approximate surface area is 187 Å². The van der Waals surface area contributed by atoms with Crippen molar-refractivity contribution in [3.63, 3.8) is 0 Å². The highest BCUT2D eigenvalue weighted by atomic mass is 16.5. The number of hydrogen-bond donors (Lipinski definition) is 1. The van der Waals surface area contributed by atoms with E-state index in [0.29, 0.717) is 13.1 Å². The van der Waals surface area contributed by atoms with Gasteiger partial charge in [0.05, 0.1) is 6.54 Å². The van der Waals surface area contributed by atoms with Crippen LogP contribution in [0, 0.1) is 0 Å². The van der Waals surface area contributed by atoms with Crippen LogP contribution in [0.3, 0.4) is 0 Å². The minimum Gasteiger partial charge on any atom is -0.482 e. The lowest BCUT2D eigenvalue weighted by molar-refractivity contribution is -0.139. The molecule has 1 saturated heterocycles. The molecular formula is C27H25NO4. The molecule has 1 fully saturated rings. The number of hydrogen-bond acceptors (Lipinski definition) is 4. The van der Waals surface area contributed by atoms with E-state index in [1.807, 2.05) is 65.6 Å². The predicted molar refractivity (Wildman–Crippen MR) is 123 cm³/mol. The molecule has 32 heavy (non-hydrogen) atoms. The van der Waals surface area contributed by atoms with Gasteiger partial charge in [-0.05, 0) is 47.5 Å². The number of aliphatic carboxylic acids is 1. The van der Waals surface area contributed by atoms with Crippen molar-refractivity contribution in [2.24, 2.45) is 0 Å². The molecule has 1 spiro atoms. The highest BCUT2D eigenvalue weighted by Gasteiger charge is 2.39. The zero-order valence-electron chi connectivity index (χ0n) is 17.7. The fraction of sp³-hybridized carbons (Fsp3) is 0.222. The molecule has 5 nitrogen and oxygen atoms in total. The fourth-order valence-electron chi connectivity index (χ4n) is 4.46. The predicted octanol–water partition coefficient (Wildman–Crippen LogP) is 5.22. The van der Waals surface area contributed by atoms with E-state index in [1.54, 1.807) is 0 Å². The van der Waals surface area contributed by atoms with Crippen molar-refractivity contribution in [2.45, 2.75) is 18.4 Å². The maximum Gasteiger partial charge on any atom is 0.317 e. The Morgan fingerprint density at radius 3 is 2.28 bits per heavy atom. The molecule has 5 rings (SSSR count). The third-order valence-electron chi connectivity index (χ3n) is 6.10. The normalized spacial score (nSPS) is 17.2. The van der Waals surface area contributed by atoms with Crippen molar-refractivity contribution in [1.29, 1.82) is 0 Å². The number of rotatable bonds is 5. The number of para-hydroxylation sites is 2. The largest absolute Gasteiger partial charge is 0.482 e. The zero-order chi connectivity index (χ0) is 22.0. The summed E-state index contributed by atoms with van der Waals surface area (Å²) >= 11 is 0. The smallest absolute Gasteiger partial charge is 0.317 e. The molecule has 3 aromatic carbocycles. The summed E-state index contributed by atoms with van der Waals surface area (Å²) in [6.45, 7) is 1.47. The second kappa shape index (κ2) is 8.52. The molecule has 1 N–H and O–H groups in total. The van der Waals surface area contributed by atoms with E-state index in [4.69, 9.17) is 14.6 Å². The van der Waals surface area contributed by atoms with Crippen LogP contribution in [0.25, 0.3) is 5.57 Å². The summed E-state index contributed by atoms with van der Waals surface area (Å²) < 4.78 is 12.4. The van der Waals surface area contributed by atoms with Gasteiger partial charge in [-0.1, -0.05) is 48.5 Å². The van der Waals surface area contributed by atoms with E-state index in [0.717, 1.165) is 46.8 Å². The van der Waals surface area contributed by atoms with Crippen LogP contribution in [0.1, 0.15) is 24.0 Å². The first kappa shape index (κ1) is 20.3. The maximum absolute atomic E-state index is 11.1. The number of carboxylic acids is 1. The first-order chi connectivity index (χ1) is 15.6. The lowest BCUT2D eigenvalue weighted by atomic mass is 9.83. The monoisotopic (exact) mass is 427 g/mol. The minimum atomic E-state index is -0.787. The molecule has 0 aromatic heterocycles. The Morgan fingerprint density at radius 1 is 0.906 bits per heavy atom. The molecule has 0 bridgehead atoms. The first-order valence-electron chi connectivity index (χ1n) is 10.9. The number of fused-ring (bicyclic) bond motifs is 1. The van der Waals surface area contributed by atoms with Crippen LogP contribution in [-0.2, 0) is 4.79 Å². The van der Waals surface area contributed by atoms with Crippen LogP contribution in [0.4, 0.5) is 0 Å². The molecule has 0 atom stereocenters. The van der Waals surface area contributed by atoms with Gasteiger partial charge in [0.1, 0.15) is 22.8 Å². The molecule has 0 amide bonds. The van der Waals surface area contributed by atoms with E-state index in [-0.39, 0.29) is 6.54 Å². The summed E-state index contributed by atoms with van der Waals surface area (Å²) in [6, 6.07) is 26.0. The molecule has 162 valence electrons. The maximum atomic E-state index is 11.1. The Bertz CT molecular complexity index is 1130. The summed E-state index contributed by atoms with van der Waals surface area (Å²) in [5, 5.41) is 9.11. The van der Waals surface area contributed by atoms with Crippen LogP contribution in [0.15, 0.2) is 84.9 Å². The van der Waals surface area contributed by atoms with Gasteiger partial charge in [-0.25, -0.2) is 0 Å². The van der Waals surface area contributed by atoms with Gasteiger partial charge in [-0.15, -0.1) is 0 Å². The average Bonchev–Trinajstić information content (AvgIpc) is 2.81. The zero-order valence-corrected chi connectivity index (χ0v) is 17.7. The Balaban J connectivity index is 1.42. The van der Waals surface area contributed by atoms with E-state index in [1.165, 1.54) is 0 Å². The molecule has 2 aliphatic heterocycles. The highest BCUT2D eigenvalue weighted by molar-refractivity contribution is 5.85. The molecule has 2 heterocycles. The summed E-state index contributed by atoms with van der Waals surface area (Å²) in [6.07, 6.45) is 3.75. The third-order valence-corrected chi connectivity index (χ3v) is 6.10. The minimum absolute atomic E-state index is 0.0755. The quantitative estimate of drug-likeness (QED) is 0.605. The summed E-state index contributed by atoms with van der Waals surface area (Å²) in [5.74, 6) is 1.69. The van der Waals surface area contributed by atoms with E-state index in [2.05, 4.69) is 24.3 Å². The SMILES string of the molecule is O=C(O)CN1CCC2(C=C(c3ccc(Oc4ccccc4)cc3)c3ccccc3O2)CC1. The molecule has 2 aliphatic rings. The van der Waals surface area contributed by atoms with Crippen molar-refractivity contribution < 1.29 is 19.4 Å². The van der Waals surface area contributed by atoms with Crippen LogP contribution in [-0.4, -0.2) is 41.2 Å². The van der Waals surface area contributed by atoms with Crippen molar-refractivity contribution in [3.05, 3.63) is 96.1 Å². The lowest BCUT2D eigenvalue weighted by Gasteiger charge is -2.42. The molecule has 0 aliphatic carbocycles. The van der Waals surface area contributed by atoms with Crippen molar-refractivity contribution in [1.82, 2.24) is 4.90 Å². The Kier molecular flexibility index (Phi) is 5.41. The number of nitrogens with zero attached hydrogens (tertiary/aromatic N) is 1. The van der Waals surface area contributed by atoms with Crippen molar-refractivity contribution in [3.8, 4) is 17.2 Å². The summed E-state index contributed by atoms with van der Waals surface area (Å²) in [7, 11) is 0. The Morgan fingerprint density at radius 2 is 1.56 bits per heavy atom. The number of carbonyl (C=O) groups is 1. The molecule has 0 radical (unpaired) electrons. The molecule has 3 aromatic rings. The standard InChI is InChI=1S/C27H25NO4/c29-26(30)19-28-16-14-27(15-17-28)18-24(23-8-4-5-9-25(23)32-27)20-10-12-22(13-11-20)31-21-6-2-1-3-7-21/h1-13,18H,14-17,19H2,(H,29,30). The molecule has 5 heteroatoms. The summed E-state index contributed by atoms with van der Waals surface area (Å²) in [4.78, 5) is 13.1. The van der Waals surface area contributed by atoms with E-state index >= 15 is 0 Å². The van der Waals surface area contributed by atoms with Crippen LogP contribution in [0.5, 0.6) is 17.2 Å². The van der Waals surface area contributed by atoms with Gasteiger partial charge in [0.25, 0.3) is 0 Å². The molecule has 0 unspecified atom stereocenters. The second-order valence-corrected chi connectivity index (χ2v) is 8.33. The van der Waals surface area contributed by atoms with Gasteiger partial charge in [0, 0.05) is 31.5 Å². The van der Waals surface area contributed by atoms with Crippen LogP contribution in [0.2, 0.25) is 0 Å². The van der Waals surface area contributed by atoms with Crippen molar-refractivity contribution >= 4 is 11.5 Å². The van der Waals surface area contributed by atoms with Gasteiger partial charge >= 0.3 is 5.97 Å². The Hall–Kier alpha value is -3.57. The topological polar surface area (TPSA) is 59.0 Å². The van der Waals surface area contributed by atoms with Gasteiger partial charge in [0.15, 0.2) is 0 Å². The van der Waals surface area contributed by atoms with Gasteiger partial charge in [-0.3, -0.25) is 9.69 Å². The average molecular weight is 428 g/mol. The summed E-state index contributed by atoms with van der Waals surface area (Å²) in [5.41, 5.74) is 2.90. The third kappa shape index (κ3) is 4.25. The first-order valence-corrected chi connectivity index (χ1v) is 10.9. The second-order valence-electron chi connectivity index (χ2n) is 8.33. The van der Waals surface area contributed by atoms with E-state index < -0.39 is 11.6 Å². The van der Waals surface area contributed by atoms with Crippen molar-refractivity contribution in [2.75, 3.05) is 19.6 Å². The van der Waals surface area contributed by atoms with Gasteiger partial charge < -0.3 is 14.6 Å². The van der Waals surface area contributed by atoms with Crippen LogP contribution >= 0.6 is 0 Å². The van der Waals surface area contributed by atoms with Crippen LogP contribution < -0.4 is 9.47 Å². The van der Waals surface area contributed by atoms with Gasteiger partial charge in [0.2, 0.25) is 0 Å². The lowest BCUT2D eigenvalue weighted by Crippen LogP contribution is -2.49.